The molecule has 0 bridgehead atoms. The molecule has 0 aliphatic carbocycles. The molecule has 3 N–H and O–H groups in total. The molecule has 0 aromatic heterocycles. The van der Waals surface area contributed by atoms with E-state index in [9.17, 15) is 13.6 Å². The van der Waals surface area contributed by atoms with Gasteiger partial charge in [0.1, 0.15) is 11.6 Å². The van der Waals surface area contributed by atoms with Crippen LogP contribution in [0.1, 0.15) is 24.2 Å². The second-order valence-corrected chi connectivity index (χ2v) is 4.17. The fourth-order valence-corrected chi connectivity index (χ4v) is 1.10. The molecule has 0 saturated carbocycles. The molecule has 0 unspecified atom stereocenters. The summed E-state index contributed by atoms with van der Waals surface area (Å²) in [6.07, 6.45) is 0. The van der Waals surface area contributed by atoms with E-state index in [1.165, 1.54) is 0 Å². The van der Waals surface area contributed by atoms with Gasteiger partial charge >= 0.3 is 0 Å². The van der Waals surface area contributed by atoms with Crippen molar-refractivity contribution in [2.75, 3.05) is 6.54 Å². The first-order valence-electron chi connectivity index (χ1n) is 4.83. The minimum atomic E-state index is -0.884. The summed E-state index contributed by atoms with van der Waals surface area (Å²) in [6.45, 7) is 3.65. The lowest BCUT2D eigenvalue weighted by molar-refractivity contribution is 0.0911. The van der Waals surface area contributed by atoms with Crippen molar-refractivity contribution in [1.82, 2.24) is 5.32 Å². The number of hydrogen-bond donors (Lipinski definition) is 2. The summed E-state index contributed by atoms with van der Waals surface area (Å²) >= 11 is 0. The molecular weight excluding hydrogens is 214 g/mol. The van der Waals surface area contributed by atoms with Gasteiger partial charge in [0.15, 0.2) is 0 Å². The van der Waals surface area contributed by atoms with Gasteiger partial charge in [-0.05, 0) is 26.0 Å². The molecule has 0 saturated heterocycles. The van der Waals surface area contributed by atoms with Crippen molar-refractivity contribution in [3.05, 3.63) is 35.4 Å². The van der Waals surface area contributed by atoms with Crippen molar-refractivity contribution in [3.8, 4) is 0 Å². The molecule has 1 amide bonds. The van der Waals surface area contributed by atoms with E-state index in [0.717, 1.165) is 12.1 Å². The Labute approximate surface area is 92.6 Å². The van der Waals surface area contributed by atoms with Crippen molar-refractivity contribution in [3.63, 3.8) is 0 Å². The van der Waals surface area contributed by atoms with Crippen molar-refractivity contribution < 1.29 is 13.6 Å². The third-order valence-corrected chi connectivity index (χ3v) is 2.14. The molecule has 0 heterocycles. The van der Waals surface area contributed by atoms with Crippen LogP contribution in [-0.4, -0.2) is 18.0 Å². The summed E-state index contributed by atoms with van der Waals surface area (Å²) in [5.74, 6) is -2.20. The summed E-state index contributed by atoms with van der Waals surface area (Å²) < 4.78 is 25.9. The highest BCUT2D eigenvalue weighted by Crippen LogP contribution is 2.11. The predicted octanol–water partition coefficient (Wildman–Crippen LogP) is 1.43. The molecule has 0 radical (unpaired) electrons. The number of rotatable bonds is 3. The number of nitrogens with one attached hydrogen (secondary N) is 1. The van der Waals surface area contributed by atoms with Crippen molar-refractivity contribution in [1.29, 1.82) is 0 Å². The van der Waals surface area contributed by atoms with Gasteiger partial charge in [0.25, 0.3) is 5.91 Å². The lowest BCUT2D eigenvalue weighted by atomic mass is 10.1. The minimum absolute atomic E-state index is 0.192. The molecule has 5 heteroatoms. The van der Waals surface area contributed by atoms with Crippen LogP contribution in [0.25, 0.3) is 0 Å². The Hall–Kier alpha value is -1.49. The third kappa shape index (κ3) is 3.00. The number of hydrogen-bond acceptors (Lipinski definition) is 2. The second kappa shape index (κ2) is 4.57. The largest absolute Gasteiger partial charge is 0.346 e. The fourth-order valence-electron chi connectivity index (χ4n) is 1.10. The van der Waals surface area contributed by atoms with E-state index < -0.39 is 23.1 Å². The lowest BCUT2D eigenvalue weighted by Gasteiger charge is -2.24. The van der Waals surface area contributed by atoms with Crippen molar-refractivity contribution in [2.24, 2.45) is 5.73 Å². The summed E-state index contributed by atoms with van der Waals surface area (Å²) in [6, 6.07) is 2.81. The maximum atomic E-state index is 13.2. The molecule has 0 fully saturated rings. The average molecular weight is 228 g/mol. The van der Waals surface area contributed by atoms with E-state index in [4.69, 9.17) is 5.73 Å². The highest BCUT2D eigenvalue weighted by molar-refractivity contribution is 5.94. The number of carbonyl (C=O) groups is 1. The van der Waals surface area contributed by atoms with Crippen molar-refractivity contribution in [2.45, 2.75) is 19.4 Å². The lowest BCUT2D eigenvalue weighted by Crippen LogP contribution is -2.49. The number of nitrogens with two attached hydrogens (primary N) is 1. The van der Waals surface area contributed by atoms with Crippen LogP contribution in [0.15, 0.2) is 18.2 Å². The van der Waals surface area contributed by atoms with Gasteiger partial charge in [-0.1, -0.05) is 0 Å². The molecule has 3 nitrogen and oxygen atoms in total. The first-order valence-corrected chi connectivity index (χ1v) is 4.83. The van der Waals surface area contributed by atoms with E-state index in [-0.39, 0.29) is 12.1 Å². The molecule has 1 aromatic carbocycles. The first-order chi connectivity index (χ1) is 7.35. The zero-order chi connectivity index (χ0) is 12.3. The highest BCUT2D eigenvalue weighted by atomic mass is 19.1. The van der Waals surface area contributed by atoms with Crippen LogP contribution in [0, 0.1) is 11.6 Å². The Bertz CT molecular complexity index is 405. The first kappa shape index (κ1) is 12.6. The van der Waals surface area contributed by atoms with E-state index in [1.54, 1.807) is 13.8 Å². The van der Waals surface area contributed by atoms with E-state index in [0.29, 0.717) is 6.07 Å². The average Bonchev–Trinajstić information content (AvgIpc) is 2.16. The number of carbonyl (C=O) groups excluding carboxylic acids is 1. The minimum Gasteiger partial charge on any atom is -0.346 e. The molecule has 88 valence electrons. The van der Waals surface area contributed by atoms with Crippen LogP contribution in [0.5, 0.6) is 0 Å². The molecule has 1 rings (SSSR count). The van der Waals surface area contributed by atoms with Gasteiger partial charge in [0, 0.05) is 18.2 Å². The molecule has 0 spiro atoms. The summed E-state index contributed by atoms with van der Waals surface area (Å²) in [4.78, 5) is 11.6. The van der Waals surface area contributed by atoms with E-state index >= 15 is 0 Å². The number of benzene rings is 1. The zero-order valence-corrected chi connectivity index (χ0v) is 9.18. The number of amides is 1. The number of halogens is 2. The second-order valence-electron chi connectivity index (χ2n) is 4.17. The maximum Gasteiger partial charge on any atom is 0.254 e. The van der Waals surface area contributed by atoms with Gasteiger partial charge in [0.2, 0.25) is 0 Å². The van der Waals surface area contributed by atoms with Gasteiger partial charge in [-0.15, -0.1) is 0 Å². The Morgan fingerprint density at radius 3 is 2.56 bits per heavy atom. The SMILES string of the molecule is CC(C)(CN)NC(=O)c1ccc(F)cc1F. The highest BCUT2D eigenvalue weighted by Gasteiger charge is 2.21. The topological polar surface area (TPSA) is 55.1 Å². The zero-order valence-electron chi connectivity index (χ0n) is 9.18. The summed E-state index contributed by atoms with van der Waals surface area (Å²) in [7, 11) is 0. The summed E-state index contributed by atoms with van der Waals surface area (Å²) in [5.41, 5.74) is 4.61. The molecule has 0 atom stereocenters. The standard InChI is InChI=1S/C11H14F2N2O/c1-11(2,6-14)15-10(16)8-4-3-7(12)5-9(8)13/h3-5H,6,14H2,1-2H3,(H,15,16). The van der Waals surface area contributed by atoms with Gasteiger partial charge in [0.05, 0.1) is 5.56 Å². The Kier molecular flexibility index (Phi) is 3.59. The third-order valence-electron chi connectivity index (χ3n) is 2.14. The smallest absolute Gasteiger partial charge is 0.254 e. The van der Waals surface area contributed by atoms with E-state index in [2.05, 4.69) is 5.32 Å². The monoisotopic (exact) mass is 228 g/mol. The van der Waals surface area contributed by atoms with Gasteiger partial charge in [-0.3, -0.25) is 4.79 Å². The fraction of sp³-hybridized carbons (Fsp3) is 0.364. The Morgan fingerprint density at radius 1 is 1.44 bits per heavy atom. The van der Waals surface area contributed by atoms with Gasteiger partial charge < -0.3 is 11.1 Å². The van der Waals surface area contributed by atoms with Crippen LogP contribution in [0.3, 0.4) is 0 Å². The Morgan fingerprint density at radius 2 is 2.06 bits per heavy atom. The maximum absolute atomic E-state index is 13.2. The van der Waals surface area contributed by atoms with Crippen LogP contribution in [0.4, 0.5) is 8.78 Å². The molecule has 16 heavy (non-hydrogen) atoms. The molecule has 1 aromatic rings. The van der Waals surface area contributed by atoms with Crippen LogP contribution < -0.4 is 11.1 Å². The molecular formula is C11H14F2N2O. The predicted molar refractivity (Wildman–Crippen MR) is 57.0 cm³/mol. The quantitative estimate of drug-likeness (QED) is 0.822. The molecule has 0 aliphatic rings. The van der Waals surface area contributed by atoms with Crippen molar-refractivity contribution >= 4 is 5.91 Å². The van der Waals surface area contributed by atoms with E-state index in [1.807, 2.05) is 0 Å². The summed E-state index contributed by atoms with van der Waals surface area (Å²) in [5, 5.41) is 2.56. The Balaban J connectivity index is 2.89. The van der Waals surface area contributed by atoms with Crippen LogP contribution in [0.2, 0.25) is 0 Å². The van der Waals surface area contributed by atoms with Crippen LogP contribution in [-0.2, 0) is 0 Å². The normalized spacial score (nSPS) is 11.3. The van der Waals surface area contributed by atoms with Gasteiger partial charge in [-0.2, -0.15) is 0 Å². The molecule has 0 aliphatic heterocycles. The van der Waals surface area contributed by atoms with Gasteiger partial charge in [-0.25, -0.2) is 8.78 Å². The van der Waals surface area contributed by atoms with Crippen LogP contribution >= 0.6 is 0 Å².